The van der Waals surface area contributed by atoms with Crippen LogP contribution in [0.4, 0.5) is 5.69 Å². The van der Waals surface area contributed by atoms with E-state index in [0.717, 1.165) is 22.6 Å². The standard InChI is InChI=1S/C22H21ClN6OS/c1-3-29-21(18-13-28(2)27-20(18)15-7-5-4-6-8-15)25-26-22(29)31-14-19(30)24-17-11-9-16(23)10-12-17/h4-13H,3,14H2,1-2H3,(H,24,30). The summed E-state index contributed by atoms with van der Waals surface area (Å²) in [6, 6.07) is 17.0. The Kier molecular flexibility index (Phi) is 6.39. The third-order valence-electron chi connectivity index (χ3n) is 4.61. The minimum absolute atomic E-state index is 0.120. The molecule has 0 saturated carbocycles. The van der Waals surface area contributed by atoms with Crippen LogP contribution in [0.5, 0.6) is 0 Å². The molecule has 0 bridgehead atoms. The van der Waals surface area contributed by atoms with Crippen LogP contribution in [0.25, 0.3) is 22.6 Å². The van der Waals surface area contributed by atoms with Gasteiger partial charge in [0.15, 0.2) is 11.0 Å². The Bertz CT molecular complexity index is 1190. The molecule has 9 heteroatoms. The topological polar surface area (TPSA) is 77.6 Å². The Morgan fingerprint density at radius 1 is 1.10 bits per heavy atom. The normalized spacial score (nSPS) is 10.9. The van der Waals surface area contributed by atoms with Crippen LogP contribution in [0.1, 0.15) is 6.92 Å². The van der Waals surface area contributed by atoms with Gasteiger partial charge in [0.25, 0.3) is 0 Å². The summed E-state index contributed by atoms with van der Waals surface area (Å²) in [4.78, 5) is 12.4. The average molecular weight is 453 g/mol. The summed E-state index contributed by atoms with van der Waals surface area (Å²) >= 11 is 7.24. The van der Waals surface area contributed by atoms with Crippen molar-refractivity contribution in [1.82, 2.24) is 24.5 Å². The Morgan fingerprint density at radius 2 is 1.84 bits per heavy atom. The molecule has 7 nitrogen and oxygen atoms in total. The number of carbonyl (C=O) groups excluding carboxylic acids is 1. The van der Waals surface area contributed by atoms with Crippen LogP contribution in [-0.2, 0) is 18.4 Å². The fraction of sp³-hybridized carbons (Fsp3) is 0.182. The molecule has 0 aliphatic rings. The van der Waals surface area contributed by atoms with Gasteiger partial charge >= 0.3 is 0 Å². The quantitative estimate of drug-likeness (QED) is 0.409. The first-order valence-electron chi connectivity index (χ1n) is 9.76. The molecule has 0 radical (unpaired) electrons. The summed E-state index contributed by atoms with van der Waals surface area (Å²) in [5, 5.41) is 17.6. The summed E-state index contributed by atoms with van der Waals surface area (Å²) in [5.41, 5.74) is 3.47. The van der Waals surface area contributed by atoms with Crippen molar-refractivity contribution in [1.29, 1.82) is 0 Å². The van der Waals surface area contributed by atoms with Crippen molar-refractivity contribution in [3.63, 3.8) is 0 Å². The molecule has 31 heavy (non-hydrogen) atoms. The number of hydrogen-bond donors (Lipinski definition) is 1. The highest BCUT2D eigenvalue weighted by atomic mass is 35.5. The zero-order valence-electron chi connectivity index (χ0n) is 17.1. The van der Waals surface area contributed by atoms with E-state index in [2.05, 4.69) is 20.6 Å². The van der Waals surface area contributed by atoms with Crippen LogP contribution in [0, 0.1) is 0 Å². The van der Waals surface area contributed by atoms with Gasteiger partial charge in [-0.3, -0.25) is 9.48 Å². The molecular weight excluding hydrogens is 432 g/mol. The smallest absolute Gasteiger partial charge is 0.234 e. The van der Waals surface area contributed by atoms with Gasteiger partial charge in [-0.25, -0.2) is 0 Å². The number of rotatable bonds is 7. The Balaban J connectivity index is 1.53. The van der Waals surface area contributed by atoms with E-state index < -0.39 is 0 Å². The van der Waals surface area contributed by atoms with Gasteiger partial charge in [0.2, 0.25) is 5.91 Å². The van der Waals surface area contributed by atoms with Gasteiger partial charge in [-0.1, -0.05) is 53.7 Å². The lowest BCUT2D eigenvalue weighted by Crippen LogP contribution is -2.14. The number of anilines is 1. The van der Waals surface area contributed by atoms with Crippen molar-refractivity contribution < 1.29 is 4.79 Å². The first-order valence-corrected chi connectivity index (χ1v) is 11.1. The van der Waals surface area contributed by atoms with Gasteiger partial charge in [-0.2, -0.15) is 5.10 Å². The van der Waals surface area contributed by atoms with Gasteiger partial charge in [-0.15, -0.1) is 10.2 Å². The lowest BCUT2D eigenvalue weighted by atomic mass is 10.1. The summed E-state index contributed by atoms with van der Waals surface area (Å²) in [5.74, 6) is 0.834. The fourth-order valence-electron chi connectivity index (χ4n) is 3.20. The van der Waals surface area contributed by atoms with Crippen LogP contribution in [0.2, 0.25) is 5.02 Å². The molecule has 0 atom stereocenters. The predicted molar refractivity (Wildman–Crippen MR) is 124 cm³/mol. The molecule has 4 rings (SSSR count). The second-order valence-corrected chi connectivity index (χ2v) is 8.20. The number of thioether (sulfide) groups is 1. The van der Waals surface area contributed by atoms with Crippen LogP contribution in [0.15, 0.2) is 66.0 Å². The summed E-state index contributed by atoms with van der Waals surface area (Å²) in [6.07, 6.45) is 1.94. The average Bonchev–Trinajstić information content (AvgIpc) is 3.37. The highest BCUT2D eigenvalue weighted by Gasteiger charge is 2.20. The molecule has 0 spiro atoms. The molecule has 0 saturated heterocycles. The van der Waals surface area contributed by atoms with Crippen molar-refractivity contribution in [2.75, 3.05) is 11.1 Å². The summed E-state index contributed by atoms with van der Waals surface area (Å²) in [7, 11) is 1.89. The van der Waals surface area contributed by atoms with Gasteiger partial charge in [0.1, 0.15) is 5.69 Å². The molecule has 1 N–H and O–H groups in total. The number of aromatic nitrogens is 5. The van der Waals surface area contributed by atoms with Gasteiger partial charge in [-0.05, 0) is 31.2 Å². The summed E-state index contributed by atoms with van der Waals surface area (Å²) < 4.78 is 3.78. The van der Waals surface area contributed by atoms with Gasteiger partial charge < -0.3 is 9.88 Å². The zero-order valence-corrected chi connectivity index (χ0v) is 18.7. The summed E-state index contributed by atoms with van der Waals surface area (Å²) in [6.45, 7) is 2.70. The van der Waals surface area contributed by atoms with Crippen LogP contribution < -0.4 is 5.32 Å². The predicted octanol–water partition coefficient (Wildman–Crippen LogP) is 4.75. The monoisotopic (exact) mass is 452 g/mol. The Labute approximate surface area is 189 Å². The van der Waals surface area contributed by atoms with Gasteiger partial charge in [0.05, 0.1) is 11.3 Å². The van der Waals surface area contributed by atoms with E-state index in [1.165, 1.54) is 11.8 Å². The zero-order chi connectivity index (χ0) is 21.8. The van der Waals surface area contributed by atoms with Crippen LogP contribution >= 0.6 is 23.4 Å². The lowest BCUT2D eigenvalue weighted by molar-refractivity contribution is -0.113. The van der Waals surface area contributed by atoms with Crippen molar-refractivity contribution in [2.45, 2.75) is 18.6 Å². The number of amides is 1. The van der Waals surface area contributed by atoms with E-state index >= 15 is 0 Å². The molecule has 1 amide bonds. The number of halogens is 1. The maximum atomic E-state index is 12.4. The maximum Gasteiger partial charge on any atom is 0.234 e. The molecule has 0 aliphatic heterocycles. The molecule has 0 aliphatic carbocycles. The number of benzene rings is 2. The third kappa shape index (κ3) is 4.81. The number of aryl methyl sites for hydroxylation is 1. The van der Waals surface area contributed by atoms with Crippen LogP contribution in [0.3, 0.4) is 0 Å². The van der Waals surface area contributed by atoms with Crippen LogP contribution in [-0.4, -0.2) is 36.2 Å². The number of nitrogens with zero attached hydrogens (tertiary/aromatic N) is 5. The number of nitrogens with one attached hydrogen (secondary N) is 1. The third-order valence-corrected chi connectivity index (χ3v) is 5.83. The molecule has 2 aromatic carbocycles. The van der Waals surface area contributed by atoms with E-state index in [0.29, 0.717) is 22.4 Å². The fourth-order valence-corrected chi connectivity index (χ4v) is 4.13. The Morgan fingerprint density at radius 3 is 2.55 bits per heavy atom. The largest absolute Gasteiger partial charge is 0.325 e. The lowest BCUT2D eigenvalue weighted by Gasteiger charge is -2.08. The molecule has 2 aromatic heterocycles. The number of hydrogen-bond acceptors (Lipinski definition) is 5. The number of carbonyl (C=O) groups is 1. The molecular formula is C22H21ClN6OS. The van der Waals surface area contributed by atoms with E-state index in [1.807, 2.05) is 55.1 Å². The van der Waals surface area contributed by atoms with E-state index in [4.69, 9.17) is 11.6 Å². The van der Waals surface area contributed by atoms with Crippen molar-refractivity contribution in [3.05, 3.63) is 65.8 Å². The minimum Gasteiger partial charge on any atom is -0.325 e. The maximum absolute atomic E-state index is 12.4. The second-order valence-electron chi connectivity index (χ2n) is 6.83. The van der Waals surface area contributed by atoms with Gasteiger partial charge in [0, 0.05) is 36.1 Å². The van der Waals surface area contributed by atoms with Crippen molar-refractivity contribution in [2.24, 2.45) is 7.05 Å². The molecule has 2 heterocycles. The highest BCUT2D eigenvalue weighted by molar-refractivity contribution is 7.99. The van der Waals surface area contributed by atoms with E-state index in [1.54, 1.807) is 28.9 Å². The van der Waals surface area contributed by atoms with Crippen molar-refractivity contribution in [3.8, 4) is 22.6 Å². The highest BCUT2D eigenvalue weighted by Crippen LogP contribution is 2.31. The molecule has 0 fully saturated rings. The Hall–Kier alpha value is -3.10. The molecule has 158 valence electrons. The SMILES string of the molecule is CCn1c(SCC(=O)Nc2ccc(Cl)cc2)nnc1-c1cn(C)nc1-c1ccccc1. The molecule has 0 unspecified atom stereocenters. The van der Waals surface area contributed by atoms with Crippen molar-refractivity contribution >= 4 is 35.0 Å². The van der Waals surface area contributed by atoms with E-state index in [-0.39, 0.29) is 11.7 Å². The molecule has 4 aromatic rings. The second kappa shape index (κ2) is 9.36. The first-order chi connectivity index (χ1) is 15.0. The van der Waals surface area contributed by atoms with E-state index in [9.17, 15) is 4.79 Å². The first kappa shape index (κ1) is 21.1. The minimum atomic E-state index is -0.120.